The second-order valence-electron chi connectivity index (χ2n) is 7.41. The smallest absolute Gasteiger partial charge is 0.328 e. The van der Waals surface area contributed by atoms with E-state index in [9.17, 15) is 24.5 Å². The number of nitriles is 1. The molecule has 2 amide bonds. The molecule has 0 heterocycles. The molecule has 0 unspecified atom stereocenters. The molecule has 0 spiro atoms. The van der Waals surface area contributed by atoms with Crippen LogP contribution in [0.3, 0.4) is 0 Å². The van der Waals surface area contributed by atoms with Gasteiger partial charge in [0.25, 0.3) is 17.5 Å². The van der Waals surface area contributed by atoms with Crippen molar-refractivity contribution in [1.29, 1.82) is 5.26 Å². The van der Waals surface area contributed by atoms with Crippen LogP contribution in [0.15, 0.2) is 42.5 Å². The van der Waals surface area contributed by atoms with E-state index >= 15 is 0 Å². The second-order valence-corrected chi connectivity index (χ2v) is 7.41. The summed E-state index contributed by atoms with van der Waals surface area (Å²) >= 11 is 0. The maximum atomic E-state index is 12.7. The van der Waals surface area contributed by atoms with E-state index in [0.717, 1.165) is 17.2 Å². The molecule has 0 aliphatic rings. The normalized spacial score (nSPS) is 11.1. The number of anilines is 1. The number of hydrogen-bond acceptors (Lipinski definition) is 7. The van der Waals surface area contributed by atoms with Crippen molar-refractivity contribution < 1.29 is 24.0 Å². The average Bonchev–Trinajstić information content (AvgIpc) is 2.77. The first kappa shape index (κ1) is 25.0. The summed E-state index contributed by atoms with van der Waals surface area (Å²) < 4.78 is 5.07. The Morgan fingerprint density at radius 2 is 1.85 bits per heavy atom. The van der Waals surface area contributed by atoms with Crippen molar-refractivity contribution in [2.45, 2.75) is 33.2 Å². The molecular formula is C23H24N4O6. The van der Waals surface area contributed by atoms with Crippen LogP contribution in [-0.4, -0.2) is 41.9 Å². The van der Waals surface area contributed by atoms with Gasteiger partial charge >= 0.3 is 5.97 Å². The third-order valence-electron chi connectivity index (χ3n) is 4.62. The minimum atomic E-state index is -1.10. The van der Waals surface area contributed by atoms with Gasteiger partial charge in [-0.25, -0.2) is 4.79 Å². The average molecular weight is 452 g/mol. The quantitative estimate of drug-likeness (QED) is 0.350. The minimum Gasteiger partial charge on any atom is -0.454 e. The number of aryl methyl sites for hydroxylation is 2. The van der Waals surface area contributed by atoms with Gasteiger partial charge < -0.3 is 15.0 Å². The zero-order valence-electron chi connectivity index (χ0n) is 18.5. The number of carbonyl (C=O) groups is 3. The maximum absolute atomic E-state index is 12.7. The highest BCUT2D eigenvalue weighted by Gasteiger charge is 2.22. The number of carbonyl (C=O) groups excluding carboxylic acids is 3. The monoisotopic (exact) mass is 452 g/mol. The molecule has 0 aliphatic carbocycles. The van der Waals surface area contributed by atoms with Crippen LogP contribution < -0.4 is 10.2 Å². The van der Waals surface area contributed by atoms with Crippen LogP contribution in [-0.2, 0) is 14.3 Å². The van der Waals surface area contributed by atoms with Crippen LogP contribution in [0.5, 0.6) is 0 Å². The molecule has 2 rings (SSSR count). The SMILES string of the molecule is Cc1cc(C)cc(N(CCC#N)C(=O)COC(=O)[C@H](C)NC(=O)c2cccc([N+](=O)[O-])c2)c1. The molecule has 0 radical (unpaired) electrons. The summed E-state index contributed by atoms with van der Waals surface area (Å²) in [6, 6.07) is 11.5. The number of benzene rings is 2. The standard InChI is InChI=1S/C23H24N4O6/c1-15-10-16(2)12-20(11-15)26(9-5-8-24)21(28)14-33-23(30)17(3)25-22(29)18-6-4-7-19(13-18)27(31)32/h4,6-7,10-13,17H,5,9,14H2,1-3H3,(H,25,29)/t17-/m0/s1. The van der Waals surface area contributed by atoms with E-state index in [2.05, 4.69) is 5.32 Å². The molecule has 0 fully saturated rings. The summed E-state index contributed by atoms with van der Waals surface area (Å²) in [4.78, 5) is 48.9. The first-order chi connectivity index (χ1) is 15.6. The van der Waals surface area contributed by atoms with E-state index in [0.29, 0.717) is 5.69 Å². The molecule has 2 aromatic carbocycles. The zero-order chi connectivity index (χ0) is 24.5. The zero-order valence-corrected chi connectivity index (χ0v) is 18.5. The molecule has 10 nitrogen and oxygen atoms in total. The fourth-order valence-electron chi connectivity index (χ4n) is 3.10. The van der Waals surface area contributed by atoms with Crippen molar-refractivity contribution >= 4 is 29.2 Å². The van der Waals surface area contributed by atoms with Crippen molar-refractivity contribution in [3.05, 3.63) is 69.3 Å². The van der Waals surface area contributed by atoms with Gasteiger partial charge in [0.05, 0.1) is 17.4 Å². The number of nitrogens with zero attached hydrogens (tertiary/aromatic N) is 3. The van der Waals surface area contributed by atoms with Crippen LogP contribution in [0.1, 0.15) is 34.8 Å². The number of non-ortho nitro benzene ring substituents is 1. The predicted octanol–water partition coefficient (Wildman–Crippen LogP) is 2.82. The van der Waals surface area contributed by atoms with Gasteiger partial charge in [0.1, 0.15) is 6.04 Å². The van der Waals surface area contributed by atoms with Gasteiger partial charge in [-0.1, -0.05) is 12.1 Å². The summed E-state index contributed by atoms with van der Waals surface area (Å²) in [6.45, 7) is 4.70. The van der Waals surface area contributed by atoms with E-state index in [4.69, 9.17) is 10.00 Å². The lowest BCUT2D eigenvalue weighted by molar-refractivity contribution is -0.384. The summed E-state index contributed by atoms with van der Waals surface area (Å²) in [5, 5.41) is 22.2. The van der Waals surface area contributed by atoms with Crippen LogP contribution in [0, 0.1) is 35.3 Å². The van der Waals surface area contributed by atoms with Crippen molar-refractivity contribution in [2.24, 2.45) is 0 Å². The minimum absolute atomic E-state index is 0.0115. The largest absolute Gasteiger partial charge is 0.454 e. The first-order valence-corrected chi connectivity index (χ1v) is 10.1. The van der Waals surface area contributed by atoms with Crippen LogP contribution in [0.25, 0.3) is 0 Å². The van der Waals surface area contributed by atoms with E-state index in [-0.39, 0.29) is 24.2 Å². The molecule has 0 bridgehead atoms. The highest BCUT2D eigenvalue weighted by molar-refractivity contribution is 5.98. The molecule has 172 valence electrons. The molecule has 0 saturated heterocycles. The Kier molecular flexibility index (Phi) is 8.63. The highest BCUT2D eigenvalue weighted by Crippen LogP contribution is 2.19. The Morgan fingerprint density at radius 1 is 1.18 bits per heavy atom. The lowest BCUT2D eigenvalue weighted by atomic mass is 10.1. The van der Waals surface area contributed by atoms with Crippen LogP contribution >= 0.6 is 0 Å². The number of nitro groups is 1. The Balaban J connectivity index is 2.01. The number of rotatable bonds is 9. The molecule has 1 atom stereocenters. The van der Waals surface area contributed by atoms with Crippen molar-refractivity contribution in [3.8, 4) is 6.07 Å². The van der Waals surface area contributed by atoms with Gasteiger partial charge in [0.15, 0.2) is 6.61 Å². The third-order valence-corrected chi connectivity index (χ3v) is 4.62. The third kappa shape index (κ3) is 7.14. The van der Waals surface area contributed by atoms with E-state index < -0.39 is 35.4 Å². The Labute approximate surface area is 190 Å². The first-order valence-electron chi connectivity index (χ1n) is 10.1. The predicted molar refractivity (Wildman–Crippen MR) is 119 cm³/mol. The van der Waals surface area contributed by atoms with Gasteiger partial charge in [-0.15, -0.1) is 0 Å². The Hall–Kier alpha value is -4.26. The summed E-state index contributed by atoms with van der Waals surface area (Å²) in [7, 11) is 0. The molecule has 0 saturated carbocycles. The lowest BCUT2D eigenvalue weighted by Crippen LogP contribution is -2.42. The number of amides is 2. The molecule has 1 N–H and O–H groups in total. The molecule has 0 aromatic heterocycles. The maximum Gasteiger partial charge on any atom is 0.328 e. The summed E-state index contributed by atoms with van der Waals surface area (Å²) in [5.74, 6) is -2.05. The number of nitro benzene ring substituents is 1. The fourth-order valence-corrected chi connectivity index (χ4v) is 3.10. The van der Waals surface area contributed by atoms with E-state index in [1.165, 1.54) is 30.0 Å². The molecule has 10 heteroatoms. The van der Waals surface area contributed by atoms with Gasteiger partial charge in [-0.3, -0.25) is 19.7 Å². The van der Waals surface area contributed by atoms with Crippen LogP contribution in [0.2, 0.25) is 0 Å². The lowest BCUT2D eigenvalue weighted by Gasteiger charge is -2.23. The van der Waals surface area contributed by atoms with E-state index in [1.807, 2.05) is 26.0 Å². The van der Waals surface area contributed by atoms with Crippen molar-refractivity contribution in [2.75, 3.05) is 18.1 Å². The molecule has 0 aliphatic heterocycles. The van der Waals surface area contributed by atoms with Crippen molar-refractivity contribution in [3.63, 3.8) is 0 Å². The van der Waals surface area contributed by atoms with Gasteiger partial charge in [0.2, 0.25) is 0 Å². The van der Waals surface area contributed by atoms with Gasteiger partial charge in [-0.05, 0) is 50.1 Å². The number of ether oxygens (including phenoxy) is 1. The second kappa shape index (κ2) is 11.4. The Bertz CT molecular complexity index is 1090. The highest BCUT2D eigenvalue weighted by atomic mass is 16.6. The molecular weight excluding hydrogens is 428 g/mol. The molecule has 33 heavy (non-hydrogen) atoms. The number of esters is 1. The van der Waals surface area contributed by atoms with Gasteiger partial charge in [0, 0.05) is 29.9 Å². The summed E-state index contributed by atoms with van der Waals surface area (Å²) in [5.41, 5.74) is 2.23. The summed E-state index contributed by atoms with van der Waals surface area (Å²) in [6.07, 6.45) is 0.0996. The number of nitrogens with one attached hydrogen (secondary N) is 1. The number of hydrogen-bond donors (Lipinski definition) is 1. The fraction of sp³-hybridized carbons (Fsp3) is 0.304. The molecule has 2 aromatic rings. The Morgan fingerprint density at radius 3 is 2.45 bits per heavy atom. The van der Waals surface area contributed by atoms with Crippen molar-refractivity contribution in [1.82, 2.24) is 5.32 Å². The topological polar surface area (TPSA) is 143 Å². The van der Waals surface area contributed by atoms with E-state index in [1.54, 1.807) is 12.1 Å². The van der Waals surface area contributed by atoms with Gasteiger partial charge in [-0.2, -0.15) is 5.26 Å². The van der Waals surface area contributed by atoms with Crippen LogP contribution in [0.4, 0.5) is 11.4 Å².